The Hall–Kier alpha value is -1.85. The van der Waals surface area contributed by atoms with Gasteiger partial charge in [0.15, 0.2) is 9.84 Å². The zero-order chi connectivity index (χ0) is 14.6. The molecule has 0 aliphatic heterocycles. The molecule has 0 spiro atoms. The highest BCUT2D eigenvalue weighted by atomic mass is 32.2. The minimum Gasteiger partial charge on any atom is -0.497 e. The van der Waals surface area contributed by atoms with E-state index in [1.54, 1.807) is 37.4 Å². The van der Waals surface area contributed by atoms with Gasteiger partial charge in [0.25, 0.3) is 0 Å². The van der Waals surface area contributed by atoms with E-state index in [1.165, 1.54) is 0 Å². The second kappa shape index (κ2) is 6.07. The van der Waals surface area contributed by atoms with Gasteiger partial charge in [-0.3, -0.25) is 0 Å². The van der Waals surface area contributed by atoms with E-state index in [4.69, 9.17) is 10.5 Å². The van der Waals surface area contributed by atoms with Crippen molar-refractivity contribution in [3.8, 4) is 5.75 Å². The monoisotopic (exact) mass is 291 g/mol. The Kier molecular flexibility index (Phi) is 4.42. The number of hydrogen-bond acceptors (Lipinski definition) is 4. The number of hydrogen-bond donors (Lipinski definition) is 1. The van der Waals surface area contributed by atoms with Crippen LogP contribution in [0.25, 0.3) is 0 Å². The van der Waals surface area contributed by atoms with Gasteiger partial charge in [-0.25, -0.2) is 8.42 Å². The van der Waals surface area contributed by atoms with Gasteiger partial charge in [0.05, 0.1) is 17.8 Å². The molecule has 0 aliphatic carbocycles. The Balaban J connectivity index is 2.25. The van der Waals surface area contributed by atoms with Crippen LogP contribution >= 0.6 is 0 Å². The Morgan fingerprint density at radius 2 is 1.70 bits per heavy atom. The van der Waals surface area contributed by atoms with Crippen molar-refractivity contribution in [2.45, 2.75) is 17.2 Å². The van der Waals surface area contributed by atoms with Crippen LogP contribution in [-0.4, -0.2) is 15.5 Å². The molecule has 2 aromatic carbocycles. The molecule has 0 radical (unpaired) electrons. The molecule has 0 aliphatic rings. The molecule has 20 heavy (non-hydrogen) atoms. The number of nitrogens with two attached hydrogens (primary N) is 1. The lowest BCUT2D eigenvalue weighted by Crippen LogP contribution is -2.06. The van der Waals surface area contributed by atoms with Crippen LogP contribution in [0, 0.1) is 0 Å². The van der Waals surface area contributed by atoms with E-state index >= 15 is 0 Å². The first-order valence-corrected chi connectivity index (χ1v) is 7.85. The second-order valence-corrected chi connectivity index (χ2v) is 6.45. The van der Waals surface area contributed by atoms with E-state index < -0.39 is 9.84 Å². The molecule has 0 fully saturated rings. The van der Waals surface area contributed by atoms with Crippen molar-refractivity contribution in [1.82, 2.24) is 0 Å². The van der Waals surface area contributed by atoms with Crippen molar-refractivity contribution in [2.24, 2.45) is 5.73 Å². The Morgan fingerprint density at radius 3 is 2.30 bits per heavy atom. The summed E-state index contributed by atoms with van der Waals surface area (Å²) in [6, 6.07) is 13.7. The van der Waals surface area contributed by atoms with Gasteiger partial charge in [0.1, 0.15) is 5.75 Å². The fraction of sp³-hybridized carbons (Fsp3) is 0.200. The lowest BCUT2D eigenvalue weighted by Gasteiger charge is -2.07. The predicted molar refractivity (Wildman–Crippen MR) is 78.2 cm³/mol. The predicted octanol–water partition coefficient (Wildman–Crippen LogP) is 2.13. The molecule has 0 atom stereocenters. The summed E-state index contributed by atoms with van der Waals surface area (Å²) in [5, 5.41) is 0. The van der Waals surface area contributed by atoms with Crippen LogP contribution < -0.4 is 10.5 Å². The highest BCUT2D eigenvalue weighted by Gasteiger charge is 2.15. The van der Waals surface area contributed by atoms with Crippen molar-refractivity contribution in [1.29, 1.82) is 0 Å². The third-order valence-electron chi connectivity index (χ3n) is 3.00. The van der Waals surface area contributed by atoms with Crippen molar-refractivity contribution < 1.29 is 13.2 Å². The quantitative estimate of drug-likeness (QED) is 0.916. The van der Waals surface area contributed by atoms with E-state index in [1.807, 2.05) is 18.2 Å². The summed E-state index contributed by atoms with van der Waals surface area (Å²) in [4.78, 5) is 0.288. The molecule has 0 unspecified atom stereocenters. The maximum Gasteiger partial charge on any atom is 0.182 e. The zero-order valence-corrected chi connectivity index (χ0v) is 12.1. The lowest BCUT2D eigenvalue weighted by atomic mass is 10.1. The van der Waals surface area contributed by atoms with Crippen LogP contribution in [0.5, 0.6) is 5.75 Å². The molecule has 0 aromatic heterocycles. The molecule has 4 nitrogen and oxygen atoms in total. The first kappa shape index (κ1) is 14.6. The molecule has 0 heterocycles. The fourth-order valence-corrected chi connectivity index (χ4v) is 3.27. The van der Waals surface area contributed by atoms with Crippen LogP contribution in [0.3, 0.4) is 0 Å². The molecule has 106 valence electrons. The van der Waals surface area contributed by atoms with Crippen molar-refractivity contribution >= 4 is 9.84 Å². The SMILES string of the molecule is COc1ccc(S(=O)(=O)Cc2cccc(CN)c2)cc1. The zero-order valence-electron chi connectivity index (χ0n) is 11.2. The molecule has 2 N–H and O–H groups in total. The summed E-state index contributed by atoms with van der Waals surface area (Å²) >= 11 is 0. The van der Waals surface area contributed by atoms with Gasteiger partial charge in [0, 0.05) is 6.54 Å². The summed E-state index contributed by atoms with van der Waals surface area (Å²) in [6.45, 7) is 0.399. The Morgan fingerprint density at radius 1 is 1.05 bits per heavy atom. The normalized spacial score (nSPS) is 11.3. The van der Waals surface area contributed by atoms with Crippen molar-refractivity contribution in [2.75, 3.05) is 7.11 Å². The third kappa shape index (κ3) is 3.37. The number of sulfone groups is 1. The lowest BCUT2D eigenvalue weighted by molar-refractivity contribution is 0.414. The highest BCUT2D eigenvalue weighted by molar-refractivity contribution is 7.90. The summed E-state index contributed by atoms with van der Waals surface area (Å²) in [7, 11) is -1.82. The van der Waals surface area contributed by atoms with Gasteiger partial charge in [-0.1, -0.05) is 24.3 Å². The standard InChI is InChI=1S/C15H17NO3S/c1-19-14-5-7-15(8-6-14)20(17,18)11-13-4-2-3-12(9-13)10-16/h2-9H,10-11,16H2,1H3. The summed E-state index contributed by atoms with van der Waals surface area (Å²) in [5.74, 6) is 0.599. The number of rotatable bonds is 5. The largest absolute Gasteiger partial charge is 0.497 e. The number of methoxy groups -OCH3 is 1. The first-order chi connectivity index (χ1) is 9.55. The van der Waals surface area contributed by atoms with E-state index in [0.29, 0.717) is 12.3 Å². The fourth-order valence-electron chi connectivity index (χ4n) is 1.93. The van der Waals surface area contributed by atoms with Gasteiger partial charge >= 0.3 is 0 Å². The molecule has 0 bridgehead atoms. The maximum atomic E-state index is 12.3. The molecule has 0 amide bonds. The van der Waals surface area contributed by atoms with E-state index in [0.717, 1.165) is 11.1 Å². The molecule has 2 aromatic rings. The van der Waals surface area contributed by atoms with Gasteiger partial charge in [-0.05, 0) is 35.4 Å². The van der Waals surface area contributed by atoms with Gasteiger partial charge < -0.3 is 10.5 Å². The topological polar surface area (TPSA) is 69.4 Å². The highest BCUT2D eigenvalue weighted by Crippen LogP contribution is 2.20. The minimum atomic E-state index is -3.36. The molecule has 0 saturated heterocycles. The Labute approximate surface area is 119 Å². The average Bonchev–Trinajstić information content (AvgIpc) is 2.47. The van der Waals surface area contributed by atoms with E-state index in [2.05, 4.69) is 0 Å². The second-order valence-electron chi connectivity index (χ2n) is 4.46. The number of ether oxygens (including phenoxy) is 1. The third-order valence-corrected chi connectivity index (χ3v) is 4.71. The van der Waals surface area contributed by atoms with Crippen molar-refractivity contribution in [3.05, 3.63) is 59.7 Å². The minimum absolute atomic E-state index is 0.0346. The summed E-state index contributed by atoms with van der Waals surface area (Å²) < 4.78 is 29.7. The van der Waals surface area contributed by atoms with E-state index in [-0.39, 0.29) is 10.6 Å². The molecule has 2 rings (SSSR count). The van der Waals surface area contributed by atoms with Gasteiger partial charge in [0.2, 0.25) is 0 Å². The van der Waals surface area contributed by atoms with Crippen molar-refractivity contribution in [3.63, 3.8) is 0 Å². The van der Waals surface area contributed by atoms with Gasteiger partial charge in [-0.15, -0.1) is 0 Å². The molecular weight excluding hydrogens is 274 g/mol. The molecule has 0 saturated carbocycles. The molecular formula is C15H17NO3S. The summed E-state index contributed by atoms with van der Waals surface area (Å²) in [5.41, 5.74) is 7.23. The number of benzene rings is 2. The smallest absolute Gasteiger partial charge is 0.182 e. The van der Waals surface area contributed by atoms with Crippen LogP contribution in [0.4, 0.5) is 0 Å². The first-order valence-electron chi connectivity index (χ1n) is 6.20. The van der Waals surface area contributed by atoms with Gasteiger partial charge in [-0.2, -0.15) is 0 Å². The maximum absolute atomic E-state index is 12.3. The van der Waals surface area contributed by atoms with Crippen LogP contribution in [0.1, 0.15) is 11.1 Å². The van der Waals surface area contributed by atoms with E-state index in [9.17, 15) is 8.42 Å². The van der Waals surface area contributed by atoms with Crippen LogP contribution in [0.2, 0.25) is 0 Å². The van der Waals surface area contributed by atoms with Crippen LogP contribution in [0.15, 0.2) is 53.4 Å². The van der Waals surface area contributed by atoms with Crippen LogP contribution in [-0.2, 0) is 22.1 Å². The summed E-state index contributed by atoms with van der Waals surface area (Å²) in [6.07, 6.45) is 0. The molecule has 5 heteroatoms. The average molecular weight is 291 g/mol. The Bertz CT molecular complexity index is 679.